The Morgan fingerprint density at radius 2 is 2.08 bits per heavy atom. The molecule has 1 atom stereocenters. The first-order valence-electron chi connectivity index (χ1n) is 10.7. The first-order chi connectivity index (χ1) is 17.1. The number of alkyl halides is 3. The molecule has 1 aliphatic heterocycles. The average Bonchev–Trinajstić information content (AvgIpc) is 3.36. The quantitative estimate of drug-likeness (QED) is 0.473. The Hall–Kier alpha value is -4.20. The van der Waals surface area contributed by atoms with Gasteiger partial charge in [0.25, 0.3) is 0 Å². The van der Waals surface area contributed by atoms with Crippen molar-refractivity contribution >= 4 is 23.4 Å². The SMILES string of the molecule is CCOCC(NC(=O)N1CC(=O)Nc2ccc(-n3cccn3)nc21)c1ccc(OC(F)(F)F)c(F)c1. The maximum absolute atomic E-state index is 14.3. The van der Waals surface area contributed by atoms with Gasteiger partial charge in [0, 0.05) is 19.0 Å². The number of pyridine rings is 1. The van der Waals surface area contributed by atoms with Gasteiger partial charge in [-0.25, -0.2) is 18.9 Å². The van der Waals surface area contributed by atoms with E-state index in [2.05, 4.69) is 25.5 Å². The van der Waals surface area contributed by atoms with Crippen molar-refractivity contribution in [1.29, 1.82) is 0 Å². The summed E-state index contributed by atoms with van der Waals surface area (Å²) in [4.78, 5) is 31.0. The monoisotopic (exact) mass is 508 g/mol. The molecule has 3 heterocycles. The number of nitrogens with one attached hydrogen (secondary N) is 2. The van der Waals surface area contributed by atoms with E-state index in [0.717, 1.165) is 17.0 Å². The number of hydrogen-bond acceptors (Lipinski definition) is 6. The van der Waals surface area contributed by atoms with E-state index in [-0.39, 0.29) is 31.1 Å². The molecule has 0 saturated carbocycles. The average molecular weight is 508 g/mol. The largest absolute Gasteiger partial charge is 0.573 e. The lowest BCUT2D eigenvalue weighted by Crippen LogP contribution is -2.49. The smallest absolute Gasteiger partial charge is 0.403 e. The lowest BCUT2D eigenvalue weighted by molar-refractivity contribution is -0.275. The lowest BCUT2D eigenvalue weighted by Gasteiger charge is -2.30. The Balaban J connectivity index is 1.60. The molecule has 1 unspecified atom stereocenters. The number of carbonyl (C=O) groups is 2. The van der Waals surface area contributed by atoms with Crippen LogP contribution in [0.3, 0.4) is 0 Å². The summed E-state index contributed by atoms with van der Waals surface area (Å²) in [7, 11) is 0. The zero-order valence-corrected chi connectivity index (χ0v) is 18.8. The van der Waals surface area contributed by atoms with Crippen molar-refractivity contribution in [2.45, 2.75) is 19.3 Å². The van der Waals surface area contributed by atoms with Crippen LogP contribution in [0.5, 0.6) is 5.75 Å². The summed E-state index contributed by atoms with van der Waals surface area (Å²) in [6.07, 6.45) is -1.86. The summed E-state index contributed by atoms with van der Waals surface area (Å²) >= 11 is 0. The molecule has 0 fully saturated rings. The number of benzene rings is 1. The predicted octanol–water partition coefficient (Wildman–Crippen LogP) is 3.55. The summed E-state index contributed by atoms with van der Waals surface area (Å²) in [5, 5.41) is 9.37. The Kier molecular flexibility index (Phi) is 7.05. The third kappa shape index (κ3) is 5.71. The molecule has 1 aliphatic rings. The molecule has 2 N–H and O–H groups in total. The highest BCUT2D eigenvalue weighted by molar-refractivity contribution is 6.08. The van der Waals surface area contributed by atoms with Crippen molar-refractivity contribution in [2.24, 2.45) is 0 Å². The van der Waals surface area contributed by atoms with Crippen LogP contribution in [0.4, 0.5) is 33.9 Å². The minimum absolute atomic E-state index is 0.116. The molecule has 0 bridgehead atoms. The normalized spacial score (nSPS) is 14.1. The van der Waals surface area contributed by atoms with E-state index >= 15 is 0 Å². The van der Waals surface area contributed by atoms with Gasteiger partial charge in [-0.3, -0.25) is 9.69 Å². The highest BCUT2D eigenvalue weighted by Gasteiger charge is 2.33. The first-order valence-corrected chi connectivity index (χ1v) is 10.7. The Labute approximate surface area is 201 Å². The third-order valence-corrected chi connectivity index (χ3v) is 5.05. The van der Waals surface area contributed by atoms with Crippen LogP contribution >= 0.6 is 0 Å². The topological polar surface area (TPSA) is 111 Å². The van der Waals surface area contributed by atoms with E-state index in [0.29, 0.717) is 11.5 Å². The summed E-state index contributed by atoms with van der Waals surface area (Å²) < 4.78 is 62.3. The number of nitrogens with zero attached hydrogens (tertiary/aromatic N) is 4. The molecule has 2 aromatic heterocycles. The number of anilines is 2. The fourth-order valence-corrected chi connectivity index (χ4v) is 3.48. The van der Waals surface area contributed by atoms with Gasteiger partial charge in [-0.1, -0.05) is 6.07 Å². The minimum atomic E-state index is -5.06. The van der Waals surface area contributed by atoms with Crippen LogP contribution in [0.15, 0.2) is 48.8 Å². The highest BCUT2D eigenvalue weighted by Crippen LogP contribution is 2.30. The number of carbonyl (C=O) groups excluding carboxylic acids is 2. The fraction of sp³-hybridized carbons (Fsp3) is 0.273. The van der Waals surface area contributed by atoms with Crippen molar-refractivity contribution in [3.63, 3.8) is 0 Å². The van der Waals surface area contributed by atoms with Crippen LogP contribution in [0.25, 0.3) is 5.82 Å². The van der Waals surface area contributed by atoms with Crippen molar-refractivity contribution in [3.05, 3.63) is 60.2 Å². The number of amides is 3. The van der Waals surface area contributed by atoms with Crippen LogP contribution in [0.2, 0.25) is 0 Å². The van der Waals surface area contributed by atoms with Gasteiger partial charge in [0.1, 0.15) is 6.54 Å². The summed E-state index contributed by atoms with van der Waals surface area (Å²) in [5.41, 5.74) is 0.419. The maximum atomic E-state index is 14.3. The summed E-state index contributed by atoms with van der Waals surface area (Å²) in [5.74, 6) is -2.21. The van der Waals surface area contributed by atoms with Gasteiger partial charge >= 0.3 is 12.4 Å². The van der Waals surface area contributed by atoms with E-state index in [1.807, 2.05) is 0 Å². The Bertz CT molecular complexity index is 1250. The van der Waals surface area contributed by atoms with Crippen molar-refractivity contribution < 1.29 is 36.6 Å². The van der Waals surface area contributed by atoms with E-state index < -0.39 is 35.9 Å². The summed E-state index contributed by atoms with van der Waals surface area (Å²) in [6, 6.07) is 5.96. The third-order valence-electron chi connectivity index (χ3n) is 5.05. The van der Waals surface area contributed by atoms with Crippen molar-refractivity contribution in [2.75, 3.05) is 30.0 Å². The number of fused-ring (bicyclic) bond motifs is 1. The standard InChI is InChI=1S/C22H20F4N6O4/c1-2-35-12-16(13-4-6-17(14(23)10-13)36-22(24,25)26)29-21(34)31-11-19(33)28-15-5-7-18(30-20(15)31)32-9-3-8-27-32/h3-10,16H,2,11-12H2,1H3,(H,28,33)(H,29,34). The molecular weight excluding hydrogens is 488 g/mol. The predicted molar refractivity (Wildman–Crippen MR) is 118 cm³/mol. The van der Waals surface area contributed by atoms with Gasteiger partial charge in [-0.2, -0.15) is 5.10 Å². The molecule has 3 amide bonds. The zero-order valence-electron chi connectivity index (χ0n) is 18.8. The molecule has 0 spiro atoms. The molecule has 0 saturated heterocycles. The van der Waals surface area contributed by atoms with E-state index in [4.69, 9.17) is 4.74 Å². The van der Waals surface area contributed by atoms with Gasteiger partial charge in [-0.15, -0.1) is 13.2 Å². The second-order valence-electron chi connectivity index (χ2n) is 7.52. The van der Waals surface area contributed by atoms with E-state index in [9.17, 15) is 27.2 Å². The molecule has 1 aromatic carbocycles. The minimum Gasteiger partial charge on any atom is -0.403 e. The molecule has 10 nitrogen and oxygen atoms in total. The second kappa shape index (κ2) is 10.2. The van der Waals surface area contributed by atoms with Crippen LogP contribution in [0, 0.1) is 5.82 Å². The number of rotatable bonds is 7. The van der Waals surface area contributed by atoms with Gasteiger partial charge < -0.3 is 20.1 Å². The Morgan fingerprint density at radius 1 is 1.28 bits per heavy atom. The van der Waals surface area contributed by atoms with Crippen LogP contribution < -0.4 is 20.3 Å². The van der Waals surface area contributed by atoms with Gasteiger partial charge in [0.05, 0.1) is 18.3 Å². The molecule has 36 heavy (non-hydrogen) atoms. The molecule has 3 aromatic rings. The molecule has 0 aliphatic carbocycles. The van der Waals surface area contributed by atoms with Gasteiger partial charge in [-0.05, 0) is 42.8 Å². The van der Waals surface area contributed by atoms with Crippen LogP contribution in [-0.4, -0.2) is 52.8 Å². The van der Waals surface area contributed by atoms with Gasteiger partial charge in [0.15, 0.2) is 23.2 Å². The van der Waals surface area contributed by atoms with E-state index in [1.165, 1.54) is 10.7 Å². The molecule has 190 valence electrons. The van der Waals surface area contributed by atoms with Crippen LogP contribution in [0.1, 0.15) is 18.5 Å². The number of halogens is 4. The number of urea groups is 1. The first kappa shape index (κ1) is 24.9. The molecule has 4 rings (SSSR count). The lowest BCUT2D eigenvalue weighted by atomic mass is 10.1. The highest BCUT2D eigenvalue weighted by atomic mass is 19.4. The number of ether oxygens (including phenoxy) is 2. The second-order valence-corrected chi connectivity index (χ2v) is 7.52. The maximum Gasteiger partial charge on any atom is 0.573 e. The molecule has 0 radical (unpaired) electrons. The fourth-order valence-electron chi connectivity index (χ4n) is 3.48. The summed E-state index contributed by atoms with van der Waals surface area (Å²) in [6.45, 7) is 1.48. The van der Waals surface area contributed by atoms with Crippen molar-refractivity contribution in [3.8, 4) is 11.6 Å². The van der Waals surface area contributed by atoms with E-state index in [1.54, 1.807) is 37.5 Å². The van der Waals surface area contributed by atoms with Gasteiger partial charge in [0.2, 0.25) is 5.91 Å². The number of aromatic nitrogens is 3. The molecular formula is C22H20F4N6O4. The Morgan fingerprint density at radius 3 is 2.75 bits per heavy atom. The number of hydrogen-bond donors (Lipinski definition) is 2. The van der Waals surface area contributed by atoms with Crippen molar-refractivity contribution in [1.82, 2.24) is 20.1 Å². The molecule has 14 heteroatoms. The zero-order chi connectivity index (χ0) is 25.9. The van der Waals surface area contributed by atoms with Crippen LogP contribution in [-0.2, 0) is 9.53 Å².